The number of nitrogens with zero attached hydrogens (tertiary/aromatic N) is 2. The maximum absolute atomic E-state index is 10.9. The number of phosphoric acid groups is 1. The Bertz CT molecular complexity index is 779. The van der Waals surface area contributed by atoms with Crippen LogP contribution >= 0.6 is 7.82 Å². The standard InChI is InChI=1S/C15H26N5O9P/c16-8(14(23)24)3-1-2-5-18-15-19-10(17)4-6-20(15)13-12(22)11(21)9(29-13)7-28-30(25,26)27/h4,6,8-9,11-13,21-22H,1-3,5,7,16H2,(H5,17,18,19,23,24,25,26,27)/p+1/t8-,9+,11+,12+,13+/m0/s1. The lowest BCUT2D eigenvalue weighted by molar-refractivity contribution is -0.755. The Hall–Kier alpha value is -1.90. The number of carbonyl (C=O) groups is 1. The van der Waals surface area contributed by atoms with Gasteiger partial charge in [-0.2, -0.15) is 0 Å². The van der Waals surface area contributed by atoms with Gasteiger partial charge in [0, 0.05) is 6.07 Å². The van der Waals surface area contributed by atoms with Crippen molar-refractivity contribution in [2.75, 3.05) is 24.2 Å². The first kappa shape index (κ1) is 24.4. The van der Waals surface area contributed by atoms with E-state index in [1.54, 1.807) is 0 Å². The number of nitrogens with one attached hydrogen (secondary N) is 1. The Kier molecular flexibility index (Phi) is 8.46. The number of rotatable bonds is 11. The predicted molar refractivity (Wildman–Crippen MR) is 101 cm³/mol. The molecule has 2 heterocycles. The number of aliphatic hydroxyl groups is 2. The van der Waals surface area contributed by atoms with E-state index in [9.17, 15) is 19.6 Å². The number of hydrogen-bond donors (Lipinski definition) is 8. The molecule has 0 unspecified atom stereocenters. The number of ether oxygens (including phenoxy) is 1. The van der Waals surface area contributed by atoms with Gasteiger partial charge in [0.25, 0.3) is 0 Å². The molecular weight excluding hydrogens is 425 g/mol. The number of aromatic nitrogens is 2. The van der Waals surface area contributed by atoms with Gasteiger partial charge in [-0.3, -0.25) is 14.6 Å². The van der Waals surface area contributed by atoms with Crippen molar-refractivity contribution in [2.24, 2.45) is 5.73 Å². The minimum Gasteiger partial charge on any atom is -0.480 e. The molecule has 0 amide bonds. The Labute approximate surface area is 171 Å². The number of unbranched alkanes of at least 4 members (excludes halogenated alkanes) is 1. The molecule has 1 fully saturated rings. The highest BCUT2D eigenvalue weighted by Crippen LogP contribution is 2.37. The van der Waals surface area contributed by atoms with Crippen molar-refractivity contribution >= 4 is 25.6 Å². The summed E-state index contributed by atoms with van der Waals surface area (Å²) in [5.74, 6) is -0.678. The van der Waals surface area contributed by atoms with Gasteiger partial charge in [-0.1, -0.05) is 4.98 Å². The summed E-state index contributed by atoms with van der Waals surface area (Å²) in [4.78, 5) is 32.5. The largest absolute Gasteiger partial charge is 0.480 e. The van der Waals surface area contributed by atoms with E-state index in [2.05, 4.69) is 14.8 Å². The average Bonchev–Trinajstić information content (AvgIpc) is 2.93. The quantitative estimate of drug-likeness (QED) is 0.100. The normalized spacial score (nSPS) is 25.2. The summed E-state index contributed by atoms with van der Waals surface area (Å²) in [7, 11) is -4.77. The van der Waals surface area contributed by atoms with E-state index in [1.807, 2.05) is 0 Å². The van der Waals surface area contributed by atoms with Crippen LogP contribution in [0.5, 0.6) is 0 Å². The molecule has 0 bridgehead atoms. The van der Waals surface area contributed by atoms with Crippen LogP contribution < -0.4 is 21.4 Å². The maximum Gasteiger partial charge on any atom is 0.469 e. The first-order chi connectivity index (χ1) is 14.0. The van der Waals surface area contributed by atoms with Gasteiger partial charge in [0.1, 0.15) is 24.4 Å². The fourth-order valence-electron chi connectivity index (χ4n) is 2.86. The summed E-state index contributed by atoms with van der Waals surface area (Å²) >= 11 is 0. The number of nitrogen functional groups attached to an aromatic ring is 1. The molecule has 14 nitrogen and oxygen atoms in total. The molecule has 1 aliphatic heterocycles. The first-order valence-corrected chi connectivity index (χ1v) is 10.6. The van der Waals surface area contributed by atoms with E-state index < -0.39 is 51.0 Å². The third-order valence-electron chi connectivity index (χ3n) is 4.45. The molecule has 0 saturated carbocycles. The molecule has 1 aromatic rings. The van der Waals surface area contributed by atoms with Crippen molar-refractivity contribution in [1.29, 1.82) is 0 Å². The van der Waals surface area contributed by atoms with Gasteiger partial charge in [0.2, 0.25) is 12.0 Å². The van der Waals surface area contributed by atoms with Crippen LogP contribution in [-0.2, 0) is 18.6 Å². The molecule has 1 saturated heterocycles. The third kappa shape index (κ3) is 6.82. The van der Waals surface area contributed by atoms with E-state index in [0.717, 1.165) is 0 Å². The lowest BCUT2D eigenvalue weighted by atomic mass is 10.1. The second-order valence-electron chi connectivity index (χ2n) is 6.78. The maximum atomic E-state index is 10.9. The summed E-state index contributed by atoms with van der Waals surface area (Å²) in [6.45, 7) is -0.243. The monoisotopic (exact) mass is 452 g/mol. The smallest absolute Gasteiger partial charge is 0.469 e. The molecule has 0 aromatic carbocycles. The van der Waals surface area contributed by atoms with Crippen LogP contribution in [0.2, 0.25) is 0 Å². The molecular formula is C15H27N5O9P+. The minimum absolute atomic E-state index is 0.177. The average molecular weight is 452 g/mol. The number of aliphatic hydroxyl groups excluding tert-OH is 2. The van der Waals surface area contributed by atoms with Gasteiger partial charge >= 0.3 is 19.7 Å². The number of anilines is 2. The van der Waals surface area contributed by atoms with Crippen molar-refractivity contribution < 1.29 is 48.3 Å². The SMILES string of the molecule is Nc1cc[n+]([C@@H]2O[C@H](COP(=O)(O)O)[C@@H](O)[C@H]2O)c(NCCCC[C@H](N)C(=O)O)n1. The van der Waals surface area contributed by atoms with Crippen LogP contribution in [-0.4, -0.2) is 73.6 Å². The molecule has 1 aromatic heterocycles. The van der Waals surface area contributed by atoms with Crippen LogP contribution in [0, 0.1) is 0 Å². The van der Waals surface area contributed by atoms with Gasteiger partial charge in [-0.05, 0) is 19.3 Å². The minimum atomic E-state index is -4.77. The Balaban J connectivity index is 2.01. The van der Waals surface area contributed by atoms with Gasteiger partial charge in [0.15, 0.2) is 0 Å². The van der Waals surface area contributed by atoms with E-state index in [-0.39, 0.29) is 11.8 Å². The first-order valence-electron chi connectivity index (χ1n) is 9.11. The summed E-state index contributed by atoms with van der Waals surface area (Å²) < 4.78 is 22.1. The Morgan fingerprint density at radius 1 is 1.37 bits per heavy atom. The van der Waals surface area contributed by atoms with E-state index >= 15 is 0 Å². The number of aliphatic carboxylic acids is 1. The van der Waals surface area contributed by atoms with E-state index in [1.165, 1.54) is 16.8 Å². The van der Waals surface area contributed by atoms with E-state index in [0.29, 0.717) is 25.8 Å². The predicted octanol–water partition coefficient (Wildman–Crippen LogP) is -2.33. The third-order valence-corrected chi connectivity index (χ3v) is 4.93. The van der Waals surface area contributed by atoms with Crippen LogP contribution in [0.25, 0.3) is 0 Å². The number of phosphoric ester groups is 1. The Morgan fingerprint density at radius 2 is 2.07 bits per heavy atom. The molecule has 10 N–H and O–H groups in total. The lowest BCUT2D eigenvalue weighted by Crippen LogP contribution is -2.48. The van der Waals surface area contributed by atoms with Crippen molar-refractivity contribution in [1.82, 2.24) is 4.98 Å². The van der Waals surface area contributed by atoms with Crippen molar-refractivity contribution in [3.63, 3.8) is 0 Å². The molecule has 0 spiro atoms. The van der Waals surface area contributed by atoms with Gasteiger partial charge in [-0.15, -0.1) is 0 Å². The summed E-state index contributed by atoms with van der Waals surface area (Å²) in [5.41, 5.74) is 11.2. The van der Waals surface area contributed by atoms with Gasteiger partial charge < -0.3 is 41.3 Å². The lowest BCUT2D eigenvalue weighted by Gasteiger charge is -2.16. The number of carboxylic acid groups (broad SMARTS) is 1. The molecule has 1 aliphatic rings. The number of carboxylic acids is 1. The molecule has 2 rings (SSSR count). The summed E-state index contributed by atoms with van der Waals surface area (Å²) in [6.07, 6.45) is -2.30. The van der Waals surface area contributed by atoms with Gasteiger partial charge in [-0.25, -0.2) is 9.13 Å². The topological polar surface area (TPSA) is 235 Å². The molecule has 0 aliphatic carbocycles. The zero-order valence-corrected chi connectivity index (χ0v) is 16.8. The van der Waals surface area contributed by atoms with Crippen LogP contribution in [0.1, 0.15) is 25.5 Å². The molecule has 5 atom stereocenters. The van der Waals surface area contributed by atoms with Crippen LogP contribution in [0.3, 0.4) is 0 Å². The van der Waals surface area contributed by atoms with Crippen molar-refractivity contribution in [3.8, 4) is 0 Å². The fourth-order valence-corrected chi connectivity index (χ4v) is 3.20. The second kappa shape index (κ2) is 10.4. The molecule has 170 valence electrons. The molecule has 0 radical (unpaired) electrons. The zero-order chi connectivity index (χ0) is 22.5. The van der Waals surface area contributed by atoms with Crippen molar-refractivity contribution in [3.05, 3.63) is 12.3 Å². The fraction of sp³-hybridized carbons (Fsp3) is 0.667. The highest BCUT2D eigenvalue weighted by molar-refractivity contribution is 7.46. The van der Waals surface area contributed by atoms with Gasteiger partial charge in [0.05, 0.1) is 19.3 Å². The van der Waals surface area contributed by atoms with Crippen LogP contribution in [0.4, 0.5) is 11.8 Å². The Morgan fingerprint density at radius 3 is 2.70 bits per heavy atom. The van der Waals surface area contributed by atoms with E-state index in [4.69, 9.17) is 31.1 Å². The second-order valence-corrected chi connectivity index (χ2v) is 8.02. The highest BCUT2D eigenvalue weighted by Gasteiger charge is 2.47. The summed E-state index contributed by atoms with van der Waals surface area (Å²) in [6, 6.07) is 0.509. The zero-order valence-electron chi connectivity index (χ0n) is 15.9. The number of hydrogen-bond acceptors (Lipinski definition) is 10. The molecule has 15 heteroatoms. The molecule has 30 heavy (non-hydrogen) atoms. The highest BCUT2D eigenvalue weighted by atomic mass is 31.2. The number of nitrogens with two attached hydrogens (primary N) is 2. The van der Waals surface area contributed by atoms with Crippen LogP contribution in [0.15, 0.2) is 12.3 Å². The van der Waals surface area contributed by atoms with Crippen molar-refractivity contribution in [2.45, 2.75) is 49.8 Å². The summed E-state index contributed by atoms with van der Waals surface area (Å²) in [5, 5.41) is 32.2.